The van der Waals surface area contributed by atoms with Crippen molar-refractivity contribution in [2.45, 2.75) is 6.42 Å². The number of nitrogens with zero attached hydrogens (tertiary/aromatic N) is 1. The van der Waals surface area contributed by atoms with Gasteiger partial charge in [-0.2, -0.15) is 0 Å². The maximum absolute atomic E-state index is 10.6. The third-order valence-corrected chi connectivity index (χ3v) is 1.85. The first kappa shape index (κ1) is 12.0. The summed E-state index contributed by atoms with van der Waals surface area (Å²) in [6.45, 7) is 0.809. The predicted molar refractivity (Wildman–Crippen MR) is 61.0 cm³/mol. The van der Waals surface area contributed by atoms with Crippen molar-refractivity contribution in [2.24, 2.45) is 0 Å². The zero-order valence-electron chi connectivity index (χ0n) is 8.95. The third-order valence-electron chi connectivity index (χ3n) is 1.85. The van der Waals surface area contributed by atoms with Crippen molar-refractivity contribution in [2.75, 3.05) is 19.3 Å². The average molecular weight is 219 g/mol. The van der Waals surface area contributed by atoms with Crippen molar-refractivity contribution in [3.05, 3.63) is 23.5 Å². The maximum atomic E-state index is 10.6. The normalized spacial score (nSPS) is 9.31. The Morgan fingerprint density at radius 1 is 1.69 bits per heavy atom. The predicted octanol–water partition coefficient (Wildman–Crippen LogP) is 0.323. The Labute approximate surface area is 93.7 Å². The minimum absolute atomic E-state index is 0.132. The molecule has 0 spiro atoms. The molecule has 0 aliphatic heterocycles. The van der Waals surface area contributed by atoms with Crippen molar-refractivity contribution in [1.29, 1.82) is 0 Å². The molecule has 0 unspecified atom stereocenters. The summed E-state index contributed by atoms with van der Waals surface area (Å²) in [4.78, 5) is 14.4. The number of nitrogen functional groups attached to an aromatic ring is 1. The molecule has 1 heterocycles. The van der Waals surface area contributed by atoms with E-state index in [-0.39, 0.29) is 11.4 Å². The first-order chi connectivity index (χ1) is 7.65. The molecule has 1 aromatic heterocycles. The second-order valence-electron chi connectivity index (χ2n) is 3.12. The van der Waals surface area contributed by atoms with E-state index in [0.29, 0.717) is 5.56 Å². The molecule has 0 aliphatic rings. The van der Waals surface area contributed by atoms with E-state index < -0.39 is 5.97 Å². The van der Waals surface area contributed by atoms with Crippen molar-refractivity contribution in [3.8, 4) is 11.8 Å². The maximum Gasteiger partial charge on any atom is 0.356 e. The van der Waals surface area contributed by atoms with E-state index in [0.717, 1.165) is 13.0 Å². The zero-order valence-corrected chi connectivity index (χ0v) is 8.95. The van der Waals surface area contributed by atoms with Crippen LogP contribution in [0.3, 0.4) is 0 Å². The highest BCUT2D eigenvalue weighted by Crippen LogP contribution is 2.10. The Hall–Kier alpha value is -2.06. The van der Waals surface area contributed by atoms with Gasteiger partial charge in [-0.05, 0) is 13.1 Å². The van der Waals surface area contributed by atoms with Gasteiger partial charge in [0.05, 0.1) is 5.69 Å². The first-order valence-corrected chi connectivity index (χ1v) is 4.77. The fourth-order valence-corrected chi connectivity index (χ4v) is 1.08. The molecular weight excluding hydrogens is 206 g/mol. The van der Waals surface area contributed by atoms with Crippen LogP contribution in [0.2, 0.25) is 0 Å². The summed E-state index contributed by atoms with van der Waals surface area (Å²) >= 11 is 0. The number of rotatable bonds is 3. The van der Waals surface area contributed by atoms with Crippen LogP contribution < -0.4 is 11.1 Å². The largest absolute Gasteiger partial charge is 0.476 e. The summed E-state index contributed by atoms with van der Waals surface area (Å²) in [5.41, 5.74) is 6.15. The minimum atomic E-state index is -1.13. The van der Waals surface area contributed by atoms with E-state index in [4.69, 9.17) is 10.8 Å². The summed E-state index contributed by atoms with van der Waals surface area (Å²) < 4.78 is 0. The molecule has 0 saturated carbocycles. The smallest absolute Gasteiger partial charge is 0.356 e. The van der Waals surface area contributed by atoms with E-state index >= 15 is 0 Å². The minimum Gasteiger partial charge on any atom is -0.476 e. The fraction of sp³-hybridized carbons (Fsp3) is 0.273. The third kappa shape index (κ3) is 3.26. The number of aromatic carboxylic acids is 1. The Kier molecular flexibility index (Phi) is 4.30. The van der Waals surface area contributed by atoms with Crippen LogP contribution in [0.15, 0.2) is 12.3 Å². The summed E-state index contributed by atoms with van der Waals surface area (Å²) in [5.74, 6) is 4.65. The van der Waals surface area contributed by atoms with Gasteiger partial charge in [0.25, 0.3) is 0 Å². The van der Waals surface area contributed by atoms with Crippen LogP contribution >= 0.6 is 0 Å². The quantitative estimate of drug-likeness (QED) is 0.503. The van der Waals surface area contributed by atoms with E-state index in [2.05, 4.69) is 22.1 Å². The lowest BCUT2D eigenvalue weighted by Crippen LogP contribution is -2.06. The number of carboxylic acids is 1. The molecule has 0 atom stereocenters. The highest BCUT2D eigenvalue weighted by atomic mass is 16.4. The molecule has 0 aliphatic carbocycles. The van der Waals surface area contributed by atoms with E-state index in [9.17, 15) is 4.79 Å². The Bertz CT molecular complexity index is 446. The SMILES string of the molecule is CNCCC#Cc1cnc(C(=O)O)c(N)c1. The highest BCUT2D eigenvalue weighted by molar-refractivity contribution is 5.91. The van der Waals surface area contributed by atoms with Crippen LogP contribution in [-0.4, -0.2) is 29.7 Å². The molecule has 0 aromatic carbocycles. The van der Waals surface area contributed by atoms with E-state index in [1.165, 1.54) is 12.3 Å². The van der Waals surface area contributed by atoms with Gasteiger partial charge >= 0.3 is 5.97 Å². The molecule has 0 bridgehead atoms. The molecule has 0 fully saturated rings. The molecular formula is C11H13N3O2. The molecule has 4 N–H and O–H groups in total. The number of carbonyl (C=O) groups is 1. The lowest BCUT2D eigenvalue weighted by molar-refractivity contribution is 0.0692. The number of nitrogens with one attached hydrogen (secondary N) is 1. The summed E-state index contributed by atoms with van der Waals surface area (Å²) in [5, 5.41) is 11.7. The number of carboxylic acid groups (broad SMARTS) is 1. The second-order valence-corrected chi connectivity index (χ2v) is 3.12. The lowest BCUT2D eigenvalue weighted by Gasteiger charge is -1.99. The van der Waals surface area contributed by atoms with Crippen LogP contribution in [0.1, 0.15) is 22.5 Å². The van der Waals surface area contributed by atoms with Gasteiger partial charge < -0.3 is 16.2 Å². The molecule has 84 valence electrons. The van der Waals surface area contributed by atoms with Gasteiger partial charge in [-0.25, -0.2) is 9.78 Å². The molecule has 0 radical (unpaired) electrons. The number of hydrogen-bond acceptors (Lipinski definition) is 4. The topological polar surface area (TPSA) is 88.2 Å². The van der Waals surface area contributed by atoms with Gasteiger partial charge in [0.2, 0.25) is 0 Å². The highest BCUT2D eigenvalue weighted by Gasteiger charge is 2.08. The van der Waals surface area contributed by atoms with Crippen molar-refractivity contribution < 1.29 is 9.90 Å². The molecule has 1 aromatic rings. The molecule has 1 rings (SSSR count). The van der Waals surface area contributed by atoms with Gasteiger partial charge in [0.1, 0.15) is 0 Å². The van der Waals surface area contributed by atoms with Crippen LogP contribution in [0, 0.1) is 11.8 Å². The standard InChI is InChI=1S/C11H13N3O2/c1-13-5-3-2-4-8-6-9(12)10(11(15)16)14-7-8/h6-7,13H,3,5,12H2,1H3,(H,15,16). The van der Waals surface area contributed by atoms with Gasteiger partial charge in [0, 0.05) is 24.7 Å². The average Bonchev–Trinajstić information content (AvgIpc) is 2.24. The molecule has 5 heteroatoms. The van der Waals surface area contributed by atoms with Crippen LogP contribution in [0.25, 0.3) is 0 Å². The van der Waals surface area contributed by atoms with Gasteiger partial charge in [-0.1, -0.05) is 11.8 Å². The fourth-order valence-electron chi connectivity index (χ4n) is 1.08. The number of pyridine rings is 1. The van der Waals surface area contributed by atoms with Crippen molar-refractivity contribution >= 4 is 11.7 Å². The first-order valence-electron chi connectivity index (χ1n) is 4.77. The summed E-state index contributed by atoms with van der Waals surface area (Å²) in [6, 6.07) is 1.52. The molecule has 0 saturated heterocycles. The summed E-state index contributed by atoms with van der Waals surface area (Å²) in [7, 11) is 1.85. The molecule has 5 nitrogen and oxygen atoms in total. The Morgan fingerprint density at radius 2 is 2.44 bits per heavy atom. The Morgan fingerprint density at radius 3 is 3.00 bits per heavy atom. The number of anilines is 1. The van der Waals surface area contributed by atoms with Crippen LogP contribution in [-0.2, 0) is 0 Å². The molecule has 16 heavy (non-hydrogen) atoms. The summed E-state index contributed by atoms with van der Waals surface area (Å²) in [6.07, 6.45) is 2.13. The monoisotopic (exact) mass is 219 g/mol. The van der Waals surface area contributed by atoms with E-state index in [1.54, 1.807) is 0 Å². The van der Waals surface area contributed by atoms with Crippen molar-refractivity contribution in [1.82, 2.24) is 10.3 Å². The van der Waals surface area contributed by atoms with Crippen LogP contribution in [0.5, 0.6) is 0 Å². The number of hydrogen-bond donors (Lipinski definition) is 3. The van der Waals surface area contributed by atoms with Crippen molar-refractivity contribution in [3.63, 3.8) is 0 Å². The number of aromatic nitrogens is 1. The second kappa shape index (κ2) is 5.73. The van der Waals surface area contributed by atoms with Gasteiger partial charge in [0.15, 0.2) is 5.69 Å². The van der Waals surface area contributed by atoms with Crippen LogP contribution in [0.4, 0.5) is 5.69 Å². The number of nitrogens with two attached hydrogens (primary N) is 1. The lowest BCUT2D eigenvalue weighted by atomic mass is 10.2. The Balaban J connectivity index is 2.80. The van der Waals surface area contributed by atoms with Gasteiger partial charge in [-0.3, -0.25) is 0 Å². The van der Waals surface area contributed by atoms with Gasteiger partial charge in [-0.15, -0.1) is 0 Å². The zero-order chi connectivity index (χ0) is 12.0. The molecule has 0 amide bonds. The van der Waals surface area contributed by atoms with E-state index in [1.807, 2.05) is 7.05 Å².